The fourth-order valence-electron chi connectivity index (χ4n) is 3.75. The molecule has 0 radical (unpaired) electrons. The molecule has 0 saturated carbocycles. The minimum atomic E-state index is -0.259. The average molecular weight is 461 g/mol. The second kappa shape index (κ2) is 9.70. The minimum Gasteiger partial charge on any atom is -0.300 e. The summed E-state index contributed by atoms with van der Waals surface area (Å²) in [6.45, 7) is 7.81. The number of hydrogen-bond donors (Lipinski definition) is 0. The van der Waals surface area contributed by atoms with Gasteiger partial charge in [0.15, 0.2) is 5.82 Å². The van der Waals surface area contributed by atoms with Crippen LogP contribution in [0, 0.1) is 10.6 Å². The van der Waals surface area contributed by atoms with Crippen LogP contribution in [-0.4, -0.2) is 69.3 Å². The third-order valence-corrected chi connectivity index (χ3v) is 7.11. The van der Waals surface area contributed by atoms with E-state index >= 15 is 0 Å². The van der Waals surface area contributed by atoms with Crippen molar-refractivity contribution in [1.82, 2.24) is 29.0 Å². The normalized spacial score (nSPS) is 16.8. The summed E-state index contributed by atoms with van der Waals surface area (Å²) in [4.78, 5) is 8.41. The average Bonchev–Trinajstić information content (AvgIpc) is 3.38. The van der Waals surface area contributed by atoms with Gasteiger partial charge in [-0.25, -0.2) is 9.07 Å². The lowest BCUT2D eigenvalue weighted by molar-refractivity contribution is 0.0984. The van der Waals surface area contributed by atoms with Crippen molar-refractivity contribution in [2.24, 2.45) is 0 Å². The molecule has 0 bridgehead atoms. The van der Waals surface area contributed by atoms with Crippen molar-refractivity contribution < 1.29 is 4.39 Å². The Bertz CT molecular complexity index is 1030. The molecule has 0 N–H and O–H groups in total. The van der Waals surface area contributed by atoms with Crippen LogP contribution in [0.25, 0.3) is 5.69 Å². The monoisotopic (exact) mass is 460 g/mol. The van der Waals surface area contributed by atoms with E-state index in [2.05, 4.69) is 39.1 Å². The summed E-state index contributed by atoms with van der Waals surface area (Å²) in [5.74, 6) is 0.600. The van der Waals surface area contributed by atoms with Gasteiger partial charge < -0.3 is 0 Å². The molecule has 1 atom stereocenters. The fourth-order valence-corrected chi connectivity index (χ4v) is 4.80. The van der Waals surface area contributed by atoms with Gasteiger partial charge in [-0.15, -0.1) is 11.3 Å². The lowest BCUT2D eigenvalue weighted by atomic mass is 10.2. The zero-order chi connectivity index (χ0) is 22.0. The standard InChI is InChI=1S/C22H29FN6S2/c1-17(25(2)3)21-24-28(22(30)29(21)19-8-6-18(23)7-9-19)16-27-12-10-26(11-13-27)15-20-5-4-14-31-20/h4-9,14,17H,10-13,15-16H2,1-3H3. The Morgan fingerprint density at radius 1 is 1.10 bits per heavy atom. The Morgan fingerprint density at radius 2 is 1.77 bits per heavy atom. The maximum Gasteiger partial charge on any atom is 0.203 e. The first-order valence-electron chi connectivity index (χ1n) is 10.5. The molecule has 1 aromatic carbocycles. The van der Waals surface area contributed by atoms with E-state index in [9.17, 15) is 4.39 Å². The molecule has 1 fully saturated rings. The molecule has 2 aromatic heterocycles. The highest BCUT2D eigenvalue weighted by Gasteiger charge is 2.23. The second-order valence-corrected chi connectivity index (χ2v) is 9.60. The van der Waals surface area contributed by atoms with Crippen molar-refractivity contribution in [3.63, 3.8) is 0 Å². The van der Waals surface area contributed by atoms with Gasteiger partial charge >= 0.3 is 0 Å². The molecular formula is C22H29FN6S2. The van der Waals surface area contributed by atoms with E-state index in [1.54, 1.807) is 12.1 Å². The number of rotatable bonds is 7. The topological polar surface area (TPSA) is 32.5 Å². The molecule has 1 aliphatic heterocycles. The first-order valence-corrected chi connectivity index (χ1v) is 11.8. The van der Waals surface area contributed by atoms with Gasteiger partial charge in [-0.3, -0.25) is 19.3 Å². The smallest absolute Gasteiger partial charge is 0.203 e. The molecule has 3 heterocycles. The summed E-state index contributed by atoms with van der Waals surface area (Å²) in [5, 5.41) is 7.03. The van der Waals surface area contributed by atoms with Crippen LogP contribution in [0.15, 0.2) is 41.8 Å². The SMILES string of the molecule is CC(c1nn(CN2CCN(Cc3cccs3)CC2)c(=S)n1-c1ccc(F)cc1)N(C)C. The number of piperazine rings is 1. The van der Waals surface area contributed by atoms with Crippen LogP contribution in [0.5, 0.6) is 0 Å². The van der Waals surface area contributed by atoms with Gasteiger partial charge in [0.2, 0.25) is 4.77 Å². The summed E-state index contributed by atoms with van der Waals surface area (Å²) >= 11 is 7.63. The number of hydrogen-bond acceptors (Lipinski definition) is 6. The van der Waals surface area contributed by atoms with E-state index in [0.717, 1.165) is 44.2 Å². The summed E-state index contributed by atoms with van der Waals surface area (Å²) in [6, 6.07) is 10.8. The maximum absolute atomic E-state index is 13.5. The highest BCUT2D eigenvalue weighted by molar-refractivity contribution is 7.71. The Balaban J connectivity index is 1.51. The second-order valence-electron chi connectivity index (χ2n) is 8.21. The first-order chi connectivity index (χ1) is 14.9. The van der Waals surface area contributed by atoms with Crippen molar-refractivity contribution in [2.45, 2.75) is 26.2 Å². The molecule has 1 saturated heterocycles. The predicted molar refractivity (Wildman–Crippen MR) is 126 cm³/mol. The molecule has 1 unspecified atom stereocenters. The molecule has 4 rings (SSSR count). The van der Waals surface area contributed by atoms with Crippen LogP contribution in [0.3, 0.4) is 0 Å². The summed E-state index contributed by atoms with van der Waals surface area (Å²) in [5.41, 5.74) is 0.835. The van der Waals surface area contributed by atoms with Crippen LogP contribution >= 0.6 is 23.6 Å². The summed E-state index contributed by atoms with van der Waals surface area (Å²) in [7, 11) is 4.04. The molecule has 9 heteroatoms. The highest BCUT2D eigenvalue weighted by atomic mass is 32.1. The van der Waals surface area contributed by atoms with Gasteiger partial charge in [0.05, 0.1) is 12.7 Å². The van der Waals surface area contributed by atoms with Crippen molar-refractivity contribution in [3.8, 4) is 5.69 Å². The van der Waals surface area contributed by atoms with Crippen molar-refractivity contribution in [3.05, 3.63) is 63.1 Å². The third kappa shape index (κ3) is 5.12. The molecule has 1 aliphatic rings. The zero-order valence-corrected chi connectivity index (χ0v) is 19.9. The number of benzene rings is 1. The Labute approximate surface area is 192 Å². The number of thiophene rings is 1. The van der Waals surface area contributed by atoms with Crippen molar-refractivity contribution >= 4 is 23.6 Å². The van der Waals surface area contributed by atoms with Gasteiger partial charge in [-0.05, 0) is 68.9 Å². The largest absolute Gasteiger partial charge is 0.300 e. The molecule has 0 amide bonds. The van der Waals surface area contributed by atoms with Crippen LogP contribution < -0.4 is 0 Å². The summed E-state index contributed by atoms with van der Waals surface area (Å²) in [6.07, 6.45) is 0. The van der Waals surface area contributed by atoms with E-state index in [1.807, 2.05) is 34.7 Å². The van der Waals surface area contributed by atoms with Crippen LogP contribution in [0.1, 0.15) is 23.7 Å². The van der Waals surface area contributed by atoms with Crippen molar-refractivity contribution in [2.75, 3.05) is 40.3 Å². The van der Waals surface area contributed by atoms with Crippen LogP contribution in [-0.2, 0) is 13.2 Å². The molecular weight excluding hydrogens is 431 g/mol. The molecule has 6 nitrogen and oxygen atoms in total. The number of halogens is 1. The predicted octanol–water partition coefficient (Wildman–Crippen LogP) is 4.00. The molecule has 3 aromatic rings. The van der Waals surface area contributed by atoms with Gasteiger partial charge in [-0.2, -0.15) is 5.10 Å². The Kier molecular flexibility index (Phi) is 6.98. The van der Waals surface area contributed by atoms with E-state index in [4.69, 9.17) is 17.3 Å². The lowest BCUT2D eigenvalue weighted by Gasteiger charge is -2.34. The van der Waals surface area contributed by atoms with E-state index in [-0.39, 0.29) is 11.9 Å². The molecule has 0 spiro atoms. The number of aromatic nitrogens is 3. The maximum atomic E-state index is 13.5. The first kappa shape index (κ1) is 22.3. The molecule has 166 valence electrons. The van der Waals surface area contributed by atoms with Gasteiger partial charge in [-0.1, -0.05) is 6.07 Å². The molecule has 0 aliphatic carbocycles. The van der Waals surface area contributed by atoms with Gasteiger partial charge in [0.25, 0.3) is 0 Å². The number of nitrogens with zero attached hydrogens (tertiary/aromatic N) is 6. The summed E-state index contributed by atoms with van der Waals surface area (Å²) < 4.78 is 18.0. The highest BCUT2D eigenvalue weighted by Crippen LogP contribution is 2.22. The van der Waals surface area contributed by atoms with Crippen molar-refractivity contribution in [1.29, 1.82) is 0 Å². The van der Waals surface area contributed by atoms with Crippen LogP contribution in [0.2, 0.25) is 0 Å². The lowest BCUT2D eigenvalue weighted by Crippen LogP contribution is -2.46. The third-order valence-electron chi connectivity index (χ3n) is 5.86. The zero-order valence-electron chi connectivity index (χ0n) is 18.2. The van der Waals surface area contributed by atoms with Gasteiger partial charge in [0.1, 0.15) is 5.82 Å². The van der Waals surface area contributed by atoms with E-state index < -0.39 is 0 Å². The quantitative estimate of drug-likeness (QED) is 0.498. The molecule has 31 heavy (non-hydrogen) atoms. The van der Waals surface area contributed by atoms with Gasteiger partial charge in [0, 0.05) is 43.3 Å². The van der Waals surface area contributed by atoms with E-state index in [1.165, 1.54) is 17.0 Å². The Morgan fingerprint density at radius 3 is 2.39 bits per heavy atom. The van der Waals surface area contributed by atoms with E-state index in [0.29, 0.717) is 11.4 Å². The van der Waals surface area contributed by atoms with Crippen LogP contribution in [0.4, 0.5) is 4.39 Å². The Hall–Kier alpha value is -1.91. The minimum absolute atomic E-state index is 0.0654. The fraction of sp³-hybridized carbons (Fsp3) is 0.455.